The van der Waals surface area contributed by atoms with Gasteiger partial charge in [0.2, 0.25) is 0 Å². The summed E-state index contributed by atoms with van der Waals surface area (Å²) in [4.78, 5) is 11.7. The highest BCUT2D eigenvalue weighted by atomic mass is 16.5. The minimum absolute atomic E-state index is 0.303. The zero-order valence-electron chi connectivity index (χ0n) is 10.4. The van der Waals surface area contributed by atoms with Crippen molar-refractivity contribution >= 4 is 5.97 Å². The second-order valence-electron chi connectivity index (χ2n) is 3.60. The van der Waals surface area contributed by atoms with Crippen LogP contribution in [-0.2, 0) is 23.0 Å². The summed E-state index contributed by atoms with van der Waals surface area (Å²) in [7, 11) is 3.17. The molecule has 1 aromatic rings. The molecule has 5 heteroatoms. The van der Waals surface area contributed by atoms with E-state index >= 15 is 0 Å². The summed E-state index contributed by atoms with van der Waals surface area (Å²) < 4.78 is 6.45. The quantitative estimate of drug-likeness (QED) is 0.593. The fourth-order valence-electron chi connectivity index (χ4n) is 1.67. The number of rotatable bonds is 5. The van der Waals surface area contributed by atoms with Gasteiger partial charge in [-0.25, -0.2) is 4.79 Å². The van der Waals surface area contributed by atoms with Gasteiger partial charge < -0.3 is 4.74 Å². The Bertz CT molecular complexity index is 431. The van der Waals surface area contributed by atoms with Crippen LogP contribution >= 0.6 is 0 Å². The second kappa shape index (κ2) is 6.06. The van der Waals surface area contributed by atoms with Crippen molar-refractivity contribution in [1.82, 2.24) is 15.1 Å². The number of carbonyl (C=O) groups is 1. The minimum Gasteiger partial charge on any atom is -0.468 e. The molecule has 17 heavy (non-hydrogen) atoms. The molecular weight excluding hydrogens is 218 g/mol. The standard InChI is InChI=1S/C12H17N3O2/c1-5-7-13-11(12(16)17-4)9-8-15(3)14-10(9)6-2/h1,8,11,13H,6-7H2,2-4H3. The number of nitrogens with one attached hydrogen (secondary N) is 1. The Kier molecular flexibility index (Phi) is 4.73. The molecule has 0 saturated carbocycles. The summed E-state index contributed by atoms with van der Waals surface area (Å²) >= 11 is 0. The molecule has 0 fully saturated rings. The summed E-state index contributed by atoms with van der Waals surface area (Å²) in [6.45, 7) is 2.29. The highest BCUT2D eigenvalue weighted by Gasteiger charge is 2.24. The molecule has 0 radical (unpaired) electrons. The molecule has 0 aliphatic rings. The van der Waals surface area contributed by atoms with Gasteiger partial charge in [0, 0.05) is 18.8 Å². The molecule has 5 nitrogen and oxygen atoms in total. The summed E-state index contributed by atoms with van der Waals surface area (Å²) in [6.07, 6.45) is 7.75. The molecule has 1 N–H and O–H groups in total. The average Bonchev–Trinajstić information content (AvgIpc) is 2.70. The van der Waals surface area contributed by atoms with Crippen LogP contribution in [0.4, 0.5) is 0 Å². The van der Waals surface area contributed by atoms with Crippen molar-refractivity contribution < 1.29 is 9.53 Å². The topological polar surface area (TPSA) is 56.1 Å². The highest BCUT2D eigenvalue weighted by Crippen LogP contribution is 2.18. The van der Waals surface area contributed by atoms with Gasteiger partial charge in [0.05, 0.1) is 19.3 Å². The SMILES string of the molecule is C#CCNC(C(=O)OC)c1cn(C)nc1CC. The molecule has 0 aromatic carbocycles. The average molecular weight is 235 g/mol. The van der Waals surface area contributed by atoms with Crippen LogP contribution in [0, 0.1) is 12.3 Å². The number of methoxy groups -OCH3 is 1. The Morgan fingerprint density at radius 3 is 3.00 bits per heavy atom. The maximum atomic E-state index is 11.7. The van der Waals surface area contributed by atoms with E-state index in [9.17, 15) is 4.79 Å². The van der Waals surface area contributed by atoms with Crippen molar-refractivity contribution in [2.45, 2.75) is 19.4 Å². The van der Waals surface area contributed by atoms with Crippen LogP contribution < -0.4 is 5.32 Å². The molecule has 0 amide bonds. The van der Waals surface area contributed by atoms with Gasteiger partial charge >= 0.3 is 5.97 Å². The Morgan fingerprint density at radius 1 is 1.76 bits per heavy atom. The molecule has 1 atom stereocenters. The van der Waals surface area contributed by atoms with Crippen LogP contribution in [0.1, 0.15) is 24.2 Å². The van der Waals surface area contributed by atoms with Crippen LogP contribution in [0.15, 0.2) is 6.20 Å². The number of ether oxygens (including phenoxy) is 1. The van der Waals surface area contributed by atoms with E-state index in [0.717, 1.165) is 17.7 Å². The van der Waals surface area contributed by atoms with Crippen molar-refractivity contribution in [3.8, 4) is 12.3 Å². The maximum Gasteiger partial charge on any atom is 0.327 e. The van der Waals surface area contributed by atoms with Crippen molar-refractivity contribution in [3.63, 3.8) is 0 Å². The first-order chi connectivity index (χ1) is 8.13. The monoisotopic (exact) mass is 235 g/mol. The first-order valence-corrected chi connectivity index (χ1v) is 5.41. The molecule has 1 aromatic heterocycles. The summed E-state index contributed by atoms with van der Waals surface area (Å²) in [5.74, 6) is 2.09. The number of hydrogen-bond donors (Lipinski definition) is 1. The zero-order valence-corrected chi connectivity index (χ0v) is 10.4. The van der Waals surface area contributed by atoms with E-state index in [0.29, 0.717) is 6.54 Å². The third-order valence-corrected chi connectivity index (χ3v) is 2.43. The van der Waals surface area contributed by atoms with E-state index in [1.165, 1.54) is 7.11 Å². The normalized spacial score (nSPS) is 11.9. The number of esters is 1. The second-order valence-corrected chi connectivity index (χ2v) is 3.60. The van der Waals surface area contributed by atoms with Gasteiger partial charge in [0.15, 0.2) is 0 Å². The summed E-state index contributed by atoms with van der Waals surface area (Å²) in [5.41, 5.74) is 1.68. The first kappa shape index (κ1) is 13.3. The Morgan fingerprint density at radius 2 is 2.47 bits per heavy atom. The summed E-state index contributed by atoms with van der Waals surface area (Å²) in [6, 6.07) is -0.556. The minimum atomic E-state index is -0.556. The Balaban J connectivity index is 3.03. The molecule has 1 heterocycles. The van der Waals surface area contributed by atoms with E-state index < -0.39 is 6.04 Å². The molecule has 1 rings (SSSR count). The van der Waals surface area contributed by atoms with Gasteiger partial charge in [-0.3, -0.25) is 10.00 Å². The van der Waals surface area contributed by atoms with E-state index in [-0.39, 0.29) is 5.97 Å². The molecule has 1 unspecified atom stereocenters. The lowest BCUT2D eigenvalue weighted by atomic mass is 10.1. The van der Waals surface area contributed by atoms with Crippen LogP contribution in [0.25, 0.3) is 0 Å². The third kappa shape index (κ3) is 3.08. The zero-order chi connectivity index (χ0) is 12.8. The number of nitrogens with zero attached hydrogens (tertiary/aromatic N) is 2. The number of aryl methyl sites for hydroxylation is 2. The van der Waals surface area contributed by atoms with E-state index in [4.69, 9.17) is 11.2 Å². The van der Waals surface area contributed by atoms with Gasteiger partial charge in [-0.15, -0.1) is 6.42 Å². The lowest BCUT2D eigenvalue weighted by Gasteiger charge is -2.14. The van der Waals surface area contributed by atoms with E-state index in [2.05, 4.69) is 16.3 Å². The number of aromatic nitrogens is 2. The number of terminal acetylenes is 1. The van der Waals surface area contributed by atoms with Gasteiger partial charge in [-0.05, 0) is 6.42 Å². The highest BCUT2D eigenvalue weighted by molar-refractivity contribution is 5.77. The van der Waals surface area contributed by atoms with Gasteiger partial charge in [0.25, 0.3) is 0 Å². The molecule has 0 bridgehead atoms. The Labute approximate surface area is 101 Å². The number of hydrogen-bond acceptors (Lipinski definition) is 4. The van der Waals surface area contributed by atoms with Gasteiger partial charge in [-0.2, -0.15) is 5.10 Å². The first-order valence-electron chi connectivity index (χ1n) is 5.41. The van der Waals surface area contributed by atoms with Gasteiger partial charge in [0.1, 0.15) is 6.04 Å². The van der Waals surface area contributed by atoms with E-state index in [1.807, 2.05) is 20.2 Å². The molecule has 0 aliphatic heterocycles. The molecule has 0 spiro atoms. The van der Waals surface area contributed by atoms with E-state index in [1.54, 1.807) is 4.68 Å². The van der Waals surface area contributed by atoms with Crippen molar-refractivity contribution in [3.05, 3.63) is 17.5 Å². The predicted molar refractivity (Wildman–Crippen MR) is 64.2 cm³/mol. The molecule has 0 saturated heterocycles. The maximum absolute atomic E-state index is 11.7. The summed E-state index contributed by atoms with van der Waals surface area (Å²) in [5, 5.41) is 7.25. The lowest BCUT2D eigenvalue weighted by molar-refractivity contribution is -0.143. The molecule has 0 aliphatic carbocycles. The fourth-order valence-corrected chi connectivity index (χ4v) is 1.67. The lowest BCUT2D eigenvalue weighted by Crippen LogP contribution is -2.30. The van der Waals surface area contributed by atoms with Crippen molar-refractivity contribution in [2.75, 3.05) is 13.7 Å². The van der Waals surface area contributed by atoms with Crippen molar-refractivity contribution in [1.29, 1.82) is 0 Å². The van der Waals surface area contributed by atoms with Crippen LogP contribution in [0.5, 0.6) is 0 Å². The Hall–Kier alpha value is -1.80. The fraction of sp³-hybridized carbons (Fsp3) is 0.500. The third-order valence-electron chi connectivity index (χ3n) is 2.43. The van der Waals surface area contributed by atoms with Crippen LogP contribution in [0.2, 0.25) is 0 Å². The van der Waals surface area contributed by atoms with Gasteiger partial charge in [-0.1, -0.05) is 12.8 Å². The predicted octanol–water partition coefficient (Wildman–Crippen LogP) is 0.419. The van der Waals surface area contributed by atoms with Crippen LogP contribution in [0.3, 0.4) is 0 Å². The largest absolute Gasteiger partial charge is 0.468 e. The number of carbonyl (C=O) groups excluding carboxylic acids is 1. The molecule has 92 valence electrons. The van der Waals surface area contributed by atoms with Crippen molar-refractivity contribution in [2.24, 2.45) is 7.05 Å². The smallest absolute Gasteiger partial charge is 0.327 e. The molecular formula is C12H17N3O2. The van der Waals surface area contributed by atoms with Crippen LogP contribution in [-0.4, -0.2) is 29.4 Å².